The number of pyridine rings is 2. The van der Waals surface area contributed by atoms with Gasteiger partial charge in [0.15, 0.2) is 0 Å². The zero-order valence-electron chi connectivity index (χ0n) is 21.7. The molecule has 0 aliphatic carbocycles. The Hall–Kier alpha value is -5.01. The number of nitrogens with zero attached hydrogens (tertiary/aromatic N) is 4. The molecule has 1 saturated heterocycles. The predicted octanol–water partition coefficient (Wildman–Crippen LogP) is 5.98. The summed E-state index contributed by atoms with van der Waals surface area (Å²) in [6.45, 7) is 2.66. The van der Waals surface area contributed by atoms with E-state index in [9.17, 15) is 23.2 Å². The molecule has 4 aromatic rings. The number of nitriles is 1. The van der Waals surface area contributed by atoms with Gasteiger partial charge < -0.3 is 15.0 Å². The fraction of sp³-hybridized carbons (Fsp3) is 0.161. The number of halogens is 3. The van der Waals surface area contributed by atoms with Crippen LogP contribution in [-0.2, 0) is 15.7 Å². The number of amides is 1. The number of anilines is 2. The number of benzene rings is 2. The largest absolute Gasteiger partial charge is 0.416 e. The summed E-state index contributed by atoms with van der Waals surface area (Å²) >= 11 is 0. The Morgan fingerprint density at radius 1 is 0.976 bits per heavy atom. The number of ether oxygens (including phenoxy) is 1. The van der Waals surface area contributed by atoms with Crippen LogP contribution in [0.15, 0.2) is 91.3 Å². The molecule has 0 saturated carbocycles. The van der Waals surface area contributed by atoms with Crippen molar-refractivity contribution in [3.63, 3.8) is 0 Å². The van der Waals surface area contributed by atoms with Crippen molar-refractivity contribution in [2.45, 2.75) is 6.18 Å². The topological polar surface area (TPSA) is 91.1 Å². The molecular formula is C31H24F3N5O2. The smallest absolute Gasteiger partial charge is 0.378 e. The highest BCUT2D eigenvalue weighted by Crippen LogP contribution is 2.32. The predicted molar refractivity (Wildman–Crippen MR) is 150 cm³/mol. The molecule has 0 bridgehead atoms. The lowest BCUT2D eigenvalue weighted by Crippen LogP contribution is -2.36. The van der Waals surface area contributed by atoms with Crippen LogP contribution in [0.1, 0.15) is 22.4 Å². The first kappa shape index (κ1) is 27.6. The fourth-order valence-corrected chi connectivity index (χ4v) is 4.53. The standard InChI is InChI=1S/C31H24F3N5O2/c32-31(33,34)23-10-7-21(8-11-23)24(22-9-12-29(37-20-22)39-15-17-41-18-16-39)3-2-6-30(40)38-27-5-1-4-25-26(27)13-14-36-28(25)19-35/h1-14,20H,15-18H2,(H,38,40)/b6-2+,24-3-. The van der Waals surface area contributed by atoms with Crippen molar-refractivity contribution in [2.75, 3.05) is 36.5 Å². The average Bonchev–Trinajstić information content (AvgIpc) is 2.99. The molecule has 1 N–H and O–H groups in total. The maximum absolute atomic E-state index is 13.2. The van der Waals surface area contributed by atoms with E-state index < -0.39 is 17.6 Å². The molecule has 2 aromatic heterocycles. The number of hydrogen-bond donors (Lipinski definition) is 1. The number of fused-ring (bicyclic) bond motifs is 1. The van der Waals surface area contributed by atoms with Gasteiger partial charge in [0.2, 0.25) is 5.91 Å². The van der Waals surface area contributed by atoms with Crippen LogP contribution in [0, 0.1) is 11.3 Å². The molecule has 0 spiro atoms. The molecule has 1 aliphatic heterocycles. The highest BCUT2D eigenvalue weighted by molar-refractivity contribution is 6.07. The summed E-state index contributed by atoms with van der Waals surface area (Å²) in [4.78, 5) is 23.5. The van der Waals surface area contributed by atoms with Gasteiger partial charge in [-0.15, -0.1) is 0 Å². The summed E-state index contributed by atoms with van der Waals surface area (Å²) in [5.41, 5.74) is 1.84. The van der Waals surface area contributed by atoms with Gasteiger partial charge in [0.25, 0.3) is 0 Å². The second kappa shape index (κ2) is 12.0. The summed E-state index contributed by atoms with van der Waals surface area (Å²) in [6, 6.07) is 17.5. The second-order valence-electron chi connectivity index (χ2n) is 9.18. The molecule has 0 unspecified atom stereocenters. The van der Waals surface area contributed by atoms with E-state index in [-0.39, 0.29) is 5.69 Å². The highest BCUT2D eigenvalue weighted by Gasteiger charge is 2.30. The van der Waals surface area contributed by atoms with E-state index in [0.29, 0.717) is 46.4 Å². The number of morpholine rings is 1. The summed E-state index contributed by atoms with van der Waals surface area (Å²) < 4.78 is 44.9. The molecular weight excluding hydrogens is 531 g/mol. The Bertz CT molecular complexity index is 1650. The van der Waals surface area contributed by atoms with Gasteiger partial charge in [-0.25, -0.2) is 9.97 Å². The first-order valence-corrected chi connectivity index (χ1v) is 12.8. The monoisotopic (exact) mass is 555 g/mol. The van der Waals surface area contributed by atoms with E-state index in [1.165, 1.54) is 30.5 Å². The van der Waals surface area contributed by atoms with Crippen molar-refractivity contribution in [3.05, 3.63) is 114 Å². The fourth-order valence-electron chi connectivity index (χ4n) is 4.53. The Morgan fingerprint density at radius 2 is 1.73 bits per heavy atom. The van der Waals surface area contributed by atoms with Crippen LogP contribution in [0.3, 0.4) is 0 Å². The third-order valence-electron chi connectivity index (χ3n) is 6.60. The number of rotatable bonds is 6. The van der Waals surface area contributed by atoms with Gasteiger partial charge in [-0.05, 0) is 47.5 Å². The van der Waals surface area contributed by atoms with E-state index in [0.717, 1.165) is 31.0 Å². The molecule has 7 nitrogen and oxygen atoms in total. The van der Waals surface area contributed by atoms with Crippen LogP contribution in [0.4, 0.5) is 24.7 Å². The van der Waals surface area contributed by atoms with Gasteiger partial charge in [-0.1, -0.05) is 36.4 Å². The lowest BCUT2D eigenvalue weighted by atomic mass is 9.97. The minimum atomic E-state index is -4.45. The normalized spacial score (nSPS) is 14.3. The van der Waals surface area contributed by atoms with Crippen molar-refractivity contribution in [2.24, 2.45) is 0 Å². The maximum atomic E-state index is 13.2. The van der Waals surface area contributed by atoms with Crippen LogP contribution in [0.25, 0.3) is 16.3 Å². The molecule has 3 heterocycles. The Kier molecular flexibility index (Phi) is 8.08. The van der Waals surface area contributed by atoms with Gasteiger partial charge in [-0.2, -0.15) is 18.4 Å². The van der Waals surface area contributed by atoms with Crippen molar-refractivity contribution in [3.8, 4) is 6.07 Å². The van der Waals surface area contributed by atoms with Crippen LogP contribution in [0.5, 0.6) is 0 Å². The first-order chi connectivity index (χ1) is 19.8. The Balaban J connectivity index is 1.42. The summed E-state index contributed by atoms with van der Waals surface area (Å²) in [5, 5.41) is 13.4. The van der Waals surface area contributed by atoms with Gasteiger partial charge in [0, 0.05) is 53.6 Å². The van der Waals surface area contributed by atoms with E-state index in [2.05, 4.69) is 20.2 Å². The van der Waals surface area contributed by atoms with Crippen LogP contribution < -0.4 is 10.2 Å². The summed E-state index contributed by atoms with van der Waals surface area (Å²) in [7, 11) is 0. The third-order valence-corrected chi connectivity index (χ3v) is 6.60. The first-order valence-electron chi connectivity index (χ1n) is 12.8. The van der Waals surface area contributed by atoms with Crippen LogP contribution in [0.2, 0.25) is 0 Å². The van der Waals surface area contributed by atoms with Crippen molar-refractivity contribution in [1.29, 1.82) is 5.26 Å². The minimum Gasteiger partial charge on any atom is -0.378 e. The molecule has 10 heteroatoms. The van der Waals surface area contributed by atoms with Gasteiger partial charge in [-0.3, -0.25) is 4.79 Å². The Labute approximate surface area is 234 Å². The summed E-state index contributed by atoms with van der Waals surface area (Å²) in [5.74, 6) is 0.361. The maximum Gasteiger partial charge on any atom is 0.416 e. The van der Waals surface area contributed by atoms with Crippen LogP contribution in [-0.4, -0.2) is 42.2 Å². The molecule has 1 fully saturated rings. The molecule has 2 aromatic carbocycles. The number of carbonyl (C=O) groups excluding carboxylic acids is 1. The average molecular weight is 556 g/mol. The Morgan fingerprint density at radius 3 is 2.41 bits per heavy atom. The molecule has 1 amide bonds. The number of hydrogen-bond acceptors (Lipinski definition) is 6. The highest BCUT2D eigenvalue weighted by atomic mass is 19.4. The van der Waals surface area contributed by atoms with Gasteiger partial charge in [0.05, 0.1) is 18.8 Å². The molecule has 5 rings (SSSR count). The van der Waals surface area contributed by atoms with E-state index in [4.69, 9.17) is 4.74 Å². The quantitative estimate of drug-likeness (QED) is 0.232. The lowest BCUT2D eigenvalue weighted by Gasteiger charge is -2.27. The van der Waals surface area contributed by atoms with E-state index in [1.807, 2.05) is 18.2 Å². The van der Waals surface area contributed by atoms with Gasteiger partial charge in [0.1, 0.15) is 17.6 Å². The van der Waals surface area contributed by atoms with Crippen molar-refractivity contribution < 1.29 is 22.7 Å². The van der Waals surface area contributed by atoms with E-state index in [1.54, 1.807) is 36.5 Å². The SMILES string of the molecule is N#Cc1nccc2c(NC(=O)/C=C/C=C(/c3ccc(C(F)(F)F)cc3)c3ccc(N4CCOCC4)nc3)cccc12. The molecule has 41 heavy (non-hydrogen) atoms. The zero-order chi connectivity index (χ0) is 28.8. The second-order valence-corrected chi connectivity index (χ2v) is 9.18. The molecule has 0 atom stereocenters. The number of allylic oxidation sites excluding steroid dienone is 2. The van der Waals surface area contributed by atoms with Crippen molar-refractivity contribution in [1.82, 2.24) is 9.97 Å². The molecule has 0 radical (unpaired) electrons. The van der Waals surface area contributed by atoms with Gasteiger partial charge >= 0.3 is 6.18 Å². The number of carbonyl (C=O) groups is 1. The van der Waals surface area contributed by atoms with Crippen LogP contribution >= 0.6 is 0 Å². The third kappa shape index (κ3) is 6.42. The number of aromatic nitrogens is 2. The van der Waals surface area contributed by atoms with E-state index >= 15 is 0 Å². The molecule has 1 aliphatic rings. The summed E-state index contributed by atoms with van der Waals surface area (Å²) in [6.07, 6.45) is 3.24. The molecule has 206 valence electrons. The zero-order valence-corrected chi connectivity index (χ0v) is 21.7. The minimum absolute atomic E-state index is 0.256. The lowest BCUT2D eigenvalue weighted by molar-refractivity contribution is -0.137. The number of alkyl halides is 3. The van der Waals surface area contributed by atoms with Crippen molar-refractivity contribution >= 4 is 33.8 Å². The number of nitrogens with one attached hydrogen (secondary N) is 1.